The van der Waals surface area contributed by atoms with Crippen molar-refractivity contribution in [1.82, 2.24) is 9.97 Å². The minimum atomic E-state index is -0.493. The molecule has 0 aliphatic heterocycles. The molecule has 0 aliphatic carbocycles. The number of nitrogens with one attached hydrogen (secondary N) is 1. The highest BCUT2D eigenvalue weighted by molar-refractivity contribution is 5.67. The molecule has 0 aromatic carbocycles. The first kappa shape index (κ1) is 11.5. The maximum Gasteiger partial charge on any atom is 0.242 e. The van der Waals surface area contributed by atoms with Crippen LogP contribution in [0.4, 0.5) is 11.5 Å². The summed E-state index contributed by atoms with van der Waals surface area (Å²) in [7, 11) is 1.49. The van der Waals surface area contributed by atoms with Crippen LogP contribution in [0.25, 0.3) is 0 Å². The lowest BCUT2D eigenvalue weighted by atomic mass is 10.1. The molecule has 0 fully saturated rings. The van der Waals surface area contributed by atoms with Crippen LogP contribution >= 0.6 is 0 Å². The van der Waals surface area contributed by atoms with E-state index in [2.05, 4.69) is 15.3 Å². The molecule has 0 atom stereocenters. The van der Waals surface area contributed by atoms with Gasteiger partial charge in [0.1, 0.15) is 12.0 Å². The third-order valence-electron chi connectivity index (χ3n) is 1.89. The van der Waals surface area contributed by atoms with Gasteiger partial charge in [0.2, 0.25) is 5.88 Å². The molecule has 0 saturated heterocycles. The number of aromatic nitrogens is 2. The summed E-state index contributed by atoms with van der Waals surface area (Å²) >= 11 is 0. The predicted molar refractivity (Wildman–Crippen MR) is 57.8 cm³/mol. The Morgan fingerprint density at radius 3 is 2.73 bits per heavy atom. The number of nitrogen functional groups attached to an aromatic ring is 1. The van der Waals surface area contributed by atoms with E-state index < -0.39 is 5.54 Å². The number of aliphatic hydroxyl groups is 1. The van der Waals surface area contributed by atoms with E-state index in [0.29, 0.717) is 17.4 Å². The smallest absolute Gasteiger partial charge is 0.242 e. The standard InChI is InChI=1S/C9H16N4O2/c1-9(2,4-14)13-7-6(10)8(15-3)12-5-11-7/h5,14H,4,10H2,1-3H3,(H,11,12,13). The van der Waals surface area contributed by atoms with Gasteiger partial charge in [0.15, 0.2) is 5.82 Å². The van der Waals surface area contributed by atoms with Crippen molar-refractivity contribution in [3.63, 3.8) is 0 Å². The summed E-state index contributed by atoms with van der Waals surface area (Å²) in [5.74, 6) is 0.780. The molecule has 4 N–H and O–H groups in total. The van der Waals surface area contributed by atoms with Gasteiger partial charge in [-0.2, -0.15) is 4.98 Å². The van der Waals surface area contributed by atoms with Crippen LogP contribution < -0.4 is 15.8 Å². The first-order valence-corrected chi connectivity index (χ1v) is 4.53. The lowest BCUT2D eigenvalue weighted by molar-refractivity contribution is 0.234. The van der Waals surface area contributed by atoms with Crippen LogP contribution in [-0.4, -0.2) is 34.3 Å². The van der Waals surface area contributed by atoms with E-state index in [1.54, 1.807) is 0 Å². The number of hydrogen-bond donors (Lipinski definition) is 3. The Balaban J connectivity index is 2.95. The largest absolute Gasteiger partial charge is 0.479 e. The van der Waals surface area contributed by atoms with Gasteiger partial charge in [0, 0.05) is 0 Å². The molecule has 0 amide bonds. The maximum absolute atomic E-state index is 9.09. The van der Waals surface area contributed by atoms with Gasteiger partial charge in [-0.15, -0.1) is 0 Å². The fourth-order valence-corrected chi connectivity index (χ4v) is 1.00. The van der Waals surface area contributed by atoms with E-state index in [-0.39, 0.29) is 6.61 Å². The van der Waals surface area contributed by atoms with E-state index in [0.717, 1.165) is 0 Å². The topological polar surface area (TPSA) is 93.3 Å². The number of methoxy groups -OCH3 is 1. The monoisotopic (exact) mass is 212 g/mol. The molecule has 84 valence electrons. The molecule has 0 unspecified atom stereocenters. The van der Waals surface area contributed by atoms with Crippen molar-refractivity contribution in [2.24, 2.45) is 0 Å². The molecule has 1 aromatic heterocycles. The highest BCUT2D eigenvalue weighted by Crippen LogP contribution is 2.26. The quantitative estimate of drug-likeness (QED) is 0.662. The Hall–Kier alpha value is -1.56. The molecule has 0 aliphatic rings. The van der Waals surface area contributed by atoms with Gasteiger partial charge in [-0.3, -0.25) is 0 Å². The second-order valence-corrected chi connectivity index (χ2v) is 3.81. The van der Waals surface area contributed by atoms with E-state index in [1.807, 2.05) is 13.8 Å². The SMILES string of the molecule is COc1ncnc(NC(C)(C)CO)c1N. The molecular formula is C9H16N4O2. The summed E-state index contributed by atoms with van der Waals surface area (Å²) in [4.78, 5) is 7.83. The van der Waals surface area contributed by atoms with Gasteiger partial charge in [-0.05, 0) is 13.8 Å². The van der Waals surface area contributed by atoms with E-state index in [4.69, 9.17) is 15.6 Å². The molecule has 15 heavy (non-hydrogen) atoms. The minimum absolute atomic E-state index is 0.0290. The van der Waals surface area contributed by atoms with Crippen molar-refractivity contribution in [2.45, 2.75) is 19.4 Å². The van der Waals surface area contributed by atoms with Crippen molar-refractivity contribution in [3.8, 4) is 5.88 Å². The maximum atomic E-state index is 9.09. The van der Waals surface area contributed by atoms with E-state index >= 15 is 0 Å². The molecular weight excluding hydrogens is 196 g/mol. The van der Waals surface area contributed by atoms with Gasteiger partial charge in [0.25, 0.3) is 0 Å². The Morgan fingerprint density at radius 1 is 1.53 bits per heavy atom. The second kappa shape index (κ2) is 4.31. The summed E-state index contributed by atoms with van der Waals surface area (Å²) < 4.78 is 4.96. The van der Waals surface area contributed by atoms with Gasteiger partial charge in [0.05, 0.1) is 19.3 Å². The van der Waals surface area contributed by atoms with E-state index in [1.165, 1.54) is 13.4 Å². The Bertz CT molecular complexity index is 341. The van der Waals surface area contributed by atoms with Crippen LogP contribution in [0.15, 0.2) is 6.33 Å². The Morgan fingerprint density at radius 2 is 2.20 bits per heavy atom. The van der Waals surface area contributed by atoms with Gasteiger partial charge in [-0.25, -0.2) is 4.98 Å². The lowest BCUT2D eigenvalue weighted by Crippen LogP contribution is -2.35. The first-order valence-electron chi connectivity index (χ1n) is 4.53. The van der Waals surface area contributed by atoms with Gasteiger partial charge in [-0.1, -0.05) is 0 Å². The number of nitrogens with two attached hydrogens (primary N) is 1. The number of aliphatic hydroxyl groups excluding tert-OH is 1. The van der Waals surface area contributed by atoms with E-state index in [9.17, 15) is 0 Å². The third-order valence-corrected chi connectivity index (χ3v) is 1.89. The second-order valence-electron chi connectivity index (χ2n) is 3.81. The molecule has 0 bridgehead atoms. The van der Waals surface area contributed by atoms with Gasteiger partial charge < -0.3 is 20.9 Å². The molecule has 6 heteroatoms. The zero-order valence-corrected chi connectivity index (χ0v) is 9.11. The highest BCUT2D eigenvalue weighted by Gasteiger charge is 2.19. The van der Waals surface area contributed by atoms with Crippen molar-refractivity contribution in [2.75, 3.05) is 24.8 Å². The van der Waals surface area contributed by atoms with Gasteiger partial charge >= 0.3 is 0 Å². The number of hydrogen-bond acceptors (Lipinski definition) is 6. The van der Waals surface area contributed by atoms with Crippen LogP contribution in [0.2, 0.25) is 0 Å². The molecule has 0 radical (unpaired) electrons. The van der Waals surface area contributed by atoms with Crippen molar-refractivity contribution >= 4 is 11.5 Å². The molecule has 0 saturated carbocycles. The molecule has 1 heterocycles. The van der Waals surface area contributed by atoms with Crippen LogP contribution in [0.5, 0.6) is 5.88 Å². The Labute approximate surface area is 88.5 Å². The average molecular weight is 212 g/mol. The summed E-state index contributed by atoms with van der Waals surface area (Å²) in [6.07, 6.45) is 1.35. The summed E-state index contributed by atoms with van der Waals surface area (Å²) in [6.45, 7) is 3.64. The number of nitrogens with zero attached hydrogens (tertiary/aromatic N) is 2. The van der Waals surface area contributed by atoms with Crippen LogP contribution in [0.3, 0.4) is 0 Å². The lowest BCUT2D eigenvalue weighted by Gasteiger charge is -2.24. The fourth-order valence-electron chi connectivity index (χ4n) is 1.00. The van der Waals surface area contributed by atoms with Crippen molar-refractivity contribution < 1.29 is 9.84 Å². The number of ether oxygens (including phenoxy) is 1. The molecule has 6 nitrogen and oxygen atoms in total. The third kappa shape index (κ3) is 2.69. The molecule has 0 spiro atoms. The number of rotatable bonds is 4. The first-order chi connectivity index (χ1) is 7.00. The summed E-state index contributed by atoms with van der Waals surface area (Å²) in [5, 5.41) is 12.1. The normalized spacial score (nSPS) is 11.2. The van der Waals surface area contributed by atoms with Crippen LogP contribution in [-0.2, 0) is 0 Å². The fraction of sp³-hybridized carbons (Fsp3) is 0.556. The predicted octanol–water partition coefficient (Wildman–Crippen LogP) is 0.250. The summed E-state index contributed by atoms with van der Waals surface area (Å²) in [5.41, 5.74) is 5.60. The summed E-state index contributed by atoms with van der Waals surface area (Å²) in [6, 6.07) is 0. The van der Waals surface area contributed by atoms with Crippen molar-refractivity contribution in [3.05, 3.63) is 6.33 Å². The zero-order valence-electron chi connectivity index (χ0n) is 9.11. The Kier molecular flexibility index (Phi) is 3.31. The molecule has 1 rings (SSSR count). The van der Waals surface area contributed by atoms with Crippen LogP contribution in [0.1, 0.15) is 13.8 Å². The van der Waals surface area contributed by atoms with Crippen LogP contribution in [0, 0.1) is 0 Å². The average Bonchev–Trinajstić information content (AvgIpc) is 2.21. The number of anilines is 2. The van der Waals surface area contributed by atoms with Crippen molar-refractivity contribution in [1.29, 1.82) is 0 Å². The highest BCUT2D eigenvalue weighted by atomic mass is 16.5. The minimum Gasteiger partial charge on any atom is -0.479 e. The molecule has 1 aromatic rings. The zero-order chi connectivity index (χ0) is 11.5.